The van der Waals surface area contributed by atoms with Crippen molar-refractivity contribution in [2.75, 3.05) is 45.1 Å². The molecule has 0 saturated carbocycles. The molecule has 1 aromatic rings. The van der Waals surface area contributed by atoms with Gasteiger partial charge < -0.3 is 20.1 Å². The number of anilines is 1. The molecule has 1 aromatic carbocycles. The molecule has 1 rings (SSSR count). The van der Waals surface area contributed by atoms with E-state index >= 15 is 0 Å². The maximum atomic E-state index is 5.28. The average molecular weight is 297 g/mol. The van der Waals surface area contributed by atoms with Gasteiger partial charge in [-0.2, -0.15) is 11.8 Å². The first-order valence-corrected chi connectivity index (χ1v) is 7.83. The van der Waals surface area contributed by atoms with Gasteiger partial charge in [0, 0.05) is 25.3 Å². The van der Waals surface area contributed by atoms with Gasteiger partial charge in [0.2, 0.25) is 0 Å². The number of nitrogens with zero attached hydrogens (tertiary/aromatic N) is 1. The first-order valence-electron chi connectivity index (χ1n) is 6.43. The molecule has 0 bridgehead atoms. The van der Waals surface area contributed by atoms with Crippen LogP contribution in [0.1, 0.15) is 6.42 Å². The van der Waals surface area contributed by atoms with Gasteiger partial charge in [-0.1, -0.05) is 0 Å². The first kappa shape index (κ1) is 16.5. The fourth-order valence-corrected chi connectivity index (χ4v) is 2.09. The maximum absolute atomic E-state index is 5.28. The zero-order chi connectivity index (χ0) is 14.8. The number of hydrogen-bond donors (Lipinski definition) is 2. The number of methoxy groups -OCH3 is 2. The molecule has 20 heavy (non-hydrogen) atoms. The minimum absolute atomic E-state index is 0.690. The fraction of sp³-hybridized carbons (Fsp3) is 0.500. The van der Waals surface area contributed by atoms with E-state index in [1.54, 1.807) is 21.3 Å². The summed E-state index contributed by atoms with van der Waals surface area (Å²) in [6, 6.07) is 5.67. The Morgan fingerprint density at radius 2 is 2.00 bits per heavy atom. The van der Waals surface area contributed by atoms with E-state index in [1.165, 1.54) is 0 Å². The molecule has 0 fully saturated rings. The number of rotatable bonds is 7. The summed E-state index contributed by atoms with van der Waals surface area (Å²) < 4.78 is 10.5. The van der Waals surface area contributed by atoms with Crippen LogP contribution in [-0.4, -0.2) is 45.8 Å². The molecule has 2 N–H and O–H groups in total. The highest BCUT2D eigenvalue weighted by Gasteiger charge is 2.05. The number of benzene rings is 1. The SMILES string of the molecule is CN=C(NCCCSC)Nc1ccc(OC)c(OC)c1. The lowest BCUT2D eigenvalue weighted by atomic mass is 10.3. The third-order valence-corrected chi connectivity index (χ3v) is 3.38. The number of thioether (sulfide) groups is 1. The Labute approximate surface area is 125 Å². The minimum atomic E-state index is 0.690. The summed E-state index contributed by atoms with van der Waals surface area (Å²) in [7, 11) is 5.00. The van der Waals surface area contributed by atoms with Gasteiger partial charge >= 0.3 is 0 Å². The second-order valence-corrected chi connectivity index (χ2v) is 5.03. The Hall–Kier alpha value is -1.56. The van der Waals surface area contributed by atoms with Crippen LogP contribution >= 0.6 is 11.8 Å². The Kier molecular flexibility index (Phi) is 7.72. The molecule has 0 aliphatic carbocycles. The average Bonchev–Trinajstić information content (AvgIpc) is 2.50. The molecule has 0 atom stereocenters. The van der Waals surface area contributed by atoms with Crippen LogP contribution in [0.25, 0.3) is 0 Å². The molecule has 0 saturated heterocycles. The summed E-state index contributed by atoms with van der Waals surface area (Å²) in [5, 5.41) is 6.50. The lowest BCUT2D eigenvalue weighted by molar-refractivity contribution is 0.355. The Bertz CT molecular complexity index is 438. The lowest BCUT2D eigenvalue weighted by Gasteiger charge is -2.13. The van der Waals surface area contributed by atoms with Crippen molar-refractivity contribution in [2.24, 2.45) is 4.99 Å². The Morgan fingerprint density at radius 3 is 2.60 bits per heavy atom. The van der Waals surface area contributed by atoms with Gasteiger partial charge in [-0.3, -0.25) is 4.99 Å². The largest absolute Gasteiger partial charge is 0.493 e. The first-order chi connectivity index (χ1) is 9.74. The highest BCUT2D eigenvalue weighted by atomic mass is 32.2. The molecular weight excluding hydrogens is 274 g/mol. The second-order valence-electron chi connectivity index (χ2n) is 4.04. The molecule has 0 aliphatic rings. The van der Waals surface area contributed by atoms with Crippen molar-refractivity contribution in [1.82, 2.24) is 5.32 Å². The number of aliphatic imine (C=N–C) groups is 1. The number of ether oxygens (including phenoxy) is 2. The molecule has 6 heteroatoms. The summed E-state index contributed by atoms with van der Waals surface area (Å²) in [5.74, 6) is 3.29. The monoisotopic (exact) mass is 297 g/mol. The highest BCUT2D eigenvalue weighted by Crippen LogP contribution is 2.29. The van der Waals surface area contributed by atoms with E-state index in [0.717, 1.165) is 30.4 Å². The van der Waals surface area contributed by atoms with Gasteiger partial charge in [-0.15, -0.1) is 0 Å². The summed E-state index contributed by atoms with van der Waals surface area (Å²) in [6.45, 7) is 0.897. The Balaban J connectivity index is 2.61. The second kappa shape index (κ2) is 9.36. The predicted octanol–water partition coefficient (Wildman–Crippen LogP) is 2.44. The quantitative estimate of drug-likeness (QED) is 0.460. The summed E-state index contributed by atoms with van der Waals surface area (Å²) in [4.78, 5) is 4.19. The molecule has 0 unspecified atom stereocenters. The maximum Gasteiger partial charge on any atom is 0.195 e. The Morgan fingerprint density at radius 1 is 1.25 bits per heavy atom. The van der Waals surface area contributed by atoms with E-state index in [-0.39, 0.29) is 0 Å². The zero-order valence-corrected chi connectivity index (χ0v) is 13.3. The molecule has 0 aromatic heterocycles. The van der Waals surface area contributed by atoms with Crippen LogP contribution < -0.4 is 20.1 Å². The van der Waals surface area contributed by atoms with Crippen molar-refractivity contribution in [1.29, 1.82) is 0 Å². The van der Waals surface area contributed by atoms with Gasteiger partial charge in [-0.25, -0.2) is 0 Å². The van der Waals surface area contributed by atoms with Gasteiger partial charge in [0.1, 0.15) is 0 Å². The molecule has 0 aliphatic heterocycles. The number of hydrogen-bond acceptors (Lipinski definition) is 4. The summed E-state index contributed by atoms with van der Waals surface area (Å²) in [6.07, 6.45) is 3.21. The molecule has 0 amide bonds. The molecule has 112 valence electrons. The smallest absolute Gasteiger partial charge is 0.195 e. The van der Waals surface area contributed by atoms with Gasteiger partial charge in [0.15, 0.2) is 17.5 Å². The topological polar surface area (TPSA) is 54.9 Å². The lowest BCUT2D eigenvalue weighted by Crippen LogP contribution is -2.31. The molecular formula is C14H23N3O2S. The van der Waals surface area contributed by atoms with Crippen LogP contribution in [0.2, 0.25) is 0 Å². The van der Waals surface area contributed by atoms with Crippen LogP contribution in [0.5, 0.6) is 11.5 Å². The van der Waals surface area contributed by atoms with E-state index in [0.29, 0.717) is 11.5 Å². The molecule has 0 radical (unpaired) electrons. The summed E-state index contributed by atoms with van der Waals surface area (Å²) >= 11 is 1.84. The van der Waals surface area contributed by atoms with Crippen LogP contribution in [0, 0.1) is 0 Å². The van der Waals surface area contributed by atoms with Gasteiger partial charge in [0.25, 0.3) is 0 Å². The van der Waals surface area contributed by atoms with Gasteiger partial charge in [-0.05, 0) is 30.6 Å². The molecule has 0 spiro atoms. The van der Waals surface area contributed by atoms with Crippen molar-refractivity contribution in [2.45, 2.75) is 6.42 Å². The van der Waals surface area contributed by atoms with E-state index in [1.807, 2.05) is 30.0 Å². The normalized spacial score (nSPS) is 11.1. The van der Waals surface area contributed by atoms with Crippen LogP contribution in [0.4, 0.5) is 5.69 Å². The van der Waals surface area contributed by atoms with E-state index in [4.69, 9.17) is 9.47 Å². The standard InChI is InChI=1S/C14H23N3O2S/c1-15-14(16-8-5-9-20-4)17-11-6-7-12(18-2)13(10-11)19-3/h6-7,10H,5,8-9H2,1-4H3,(H2,15,16,17). The third kappa shape index (κ3) is 5.21. The van der Waals surface area contributed by atoms with Crippen LogP contribution in [-0.2, 0) is 0 Å². The van der Waals surface area contributed by atoms with E-state index in [9.17, 15) is 0 Å². The molecule has 5 nitrogen and oxygen atoms in total. The third-order valence-electron chi connectivity index (χ3n) is 2.69. The van der Waals surface area contributed by atoms with Crippen molar-refractivity contribution >= 4 is 23.4 Å². The minimum Gasteiger partial charge on any atom is -0.493 e. The van der Waals surface area contributed by atoms with Crippen LogP contribution in [0.15, 0.2) is 23.2 Å². The van der Waals surface area contributed by atoms with Crippen molar-refractivity contribution in [3.8, 4) is 11.5 Å². The van der Waals surface area contributed by atoms with Crippen LogP contribution in [0.3, 0.4) is 0 Å². The number of nitrogens with one attached hydrogen (secondary N) is 2. The van der Waals surface area contributed by atoms with Crippen molar-refractivity contribution in [3.05, 3.63) is 18.2 Å². The van der Waals surface area contributed by atoms with Crippen molar-refractivity contribution in [3.63, 3.8) is 0 Å². The summed E-state index contributed by atoms with van der Waals surface area (Å²) in [5.41, 5.74) is 0.903. The van der Waals surface area contributed by atoms with E-state index < -0.39 is 0 Å². The number of guanidine groups is 1. The molecule has 0 heterocycles. The highest BCUT2D eigenvalue weighted by molar-refractivity contribution is 7.98. The van der Waals surface area contributed by atoms with E-state index in [2.05, 4.69) is 21.9 Å². The van der Waals surface area contributed by atoms with Crippen molar-refractivity contribution < 1.29 is 9.47 Å². The predicted molar refractivity (Wildman–Crippen MR) is 87.5 cm³/mol. The fourth-order valence-electron chi connectivity index (χ4n) is 1.65. The van der Waals surface area contributed by atoms with Gasteiger partial charge in [0.05, 0.1) is 14.2 Å². The zero-order valence-electron chi connectivity index (χ0n) is 12.5.